The van der Waals surface area contributed by atoms with Gasteiger partial charge in [-0.1, -0.05) is 0 Å². The summed E-state index contributed by atoms with van der Waals surface area (Å²) < 4.78 is 23.6. The first-order chi connectivity index (χ1) is 9.24. The molecular weight excluding hydrogens is 245 g/mol. The van der Waals surface area contributed by atoms with Crippen LogP contribution in [0.1, 0.15) is 12.1 Å². The fraction of sp³-hybridized carbons (Fsp3) is 0.267. The van der Waals surface area contributed by atoms with Gasteiger partial charge in [-0.05, 0) is 43.3 Å². The maximum Gasteiger partial charge on any atom is 0.137 e. The van der Waals surface area contributed by atoms with Crippen LogP contribution in [0.2, 0.25) is 0 Å². The van der Waals surface area contributed by atoms with Gasteiger partial charge < -0.3 is 9.47 Å². The van der Waals surface area contributed by atoms with E-state index in [0.717, 1.165) is 17.9 Å². The Morgan fingerprint density at radius 2 is 1.58 bits per heavy atom. The fourth-order valence-electron chi connectivity index (χ4n) is 1.51. The monoisotopic (exact) mass is 261 g/mol. The summed E-state index contributed by atoms with van der Waals surface area (Å²) in [5.41, 5.74) is 0.965. The Morgan fingerprint density at radius 3 is 2.21 bits per heavy atom. The largest absolute Gasteiger partial charge is 0.493 e. The van der Waals surface area contributed by atoms with Crippen molar-refractivity contribution in [3.63, 3.8) is 0 Å². The zero-order valence-corrected chi connectivity index (χ0v) is 10.8. The predicted molar refractivity (Wildman–Crippen MR) is 71.0 cm³/mol. The summed E-state index contributed by atoms with van der Waals surface area (Å²) >= 11 is 0. The Hall–Kier alpha value is -2.10. The molecule has 0 aliphatic rings. The molecule has 0 fully saturated rings. The van der Waals surface area contributed by atoms with Crippen molar-refractivity contribution >= 4 is 0 Å². The highest BCUT2D eigenvalue weighted by molar-refractivity contribution is 5.22. The Kier molecular flexibility index (Phi) is 4.72. The van der Waals surface area contributed by atoms with Gasteiger partial charge >= 0.3 is 0 Å². The number of rotatable bonds is 6. The number of aromatic nitrogens is 1. The highest BCUT2D eigenvalue weighted by Crippen LogP contribution is 2.12. The van der Waals surface area contributed by atoms with E-state index >= 15 is 0 Å². The highest BCUT2D eigenvalue weighted by Gasteiger charge is 1.96. The maximum absolute atomic E-state index is 12.7. The summed E-state index contributed by atoms with van der Waals surface area (Å²) in [5.74, 6) is 1.16. The molecule has 100 valence electrons. The molecule has 0 aliphatic heterocycles. The van der Waals surface area contributed by atoms with Crippen LogP contribution in [0.15, 0.2) is 42.6 Å². The third-order valence-corrected chi connectivity index (χ3v) is 2.52. The van der Waals surface area contributed by atoms with E-state index in [1.54, 1.807) is 18.3 Å². The molecule has 4 heteroatoms. The SMILES string of the molecule is Cc1ccc(OCCCOc2ccc(F)cc2)cn1. The van der Waals surface area contributed by atoms with Crippen molar-refractivity contribution in [2.75, 3.05) is 13.2 Å². The smallest absolute Gasteiger partial charge is 0.137 e. The van der Waals surface area contributed by atoms with Crippen LogP contribution < -0.4 is 9.47 Å². The van der Waals surface area contributed by atoms with E-state index in [2.05, 4.69) is 4.98 Å². The number of hydrogen-bond donors (Lipinski definition) is 0. The standard InChI is InChI=1S/C15H16FNO2/c1-12-3-6-15(11-17-12)19-10-2-9-18-14-7-4-13(16)5-8-14/h3-8,11H,2,9-10H2,1H3. The lowest BCUT2D eigenvalue weighted by Crippen LogP contribution is -2.05. The van der Waals surface area contributed by atoms with Crippen LogP contribution in [0.5, 0.6) is 11.5 Å². The van der Waals surface area contributed by atoms with Gasteiger partial charge in [-0.2, -0.15) is 0 Å². The molecule has 0 N–H and O–H groups in total. The minimum atomic E-state index is -0.262. The van der Waals surface area contributed by atoms with Crippen molar-refractivity contribution in [2.24, 2.45) is 0 Å². The van der Waals surface area contributed by atoms with Crippen molar-refractivity contribution in [3.8, 4) is 11.5 Å². The van der Waals surface area contributed by atoms with Crippen molar-refractivity contribution in [1.29, 1.82) is 0 Å². The average molecular weight is 261 g/mol. The van der Waals surface area contributed by atoms with Crippen LogP contribution in [-0.4, -0.2) is 18.2 Å². The molecule has 1 heterocycles. The summed E-state index contributed by atoms with van der Waals surface area (Å²) in [6, 6.07) is 9.78. The Labute approximate surface area is 112 Å². The number of benzene rings is 1. The van der Waals surface area contributed by atoms with Gasteiger partial charge in [0.2, 0.25) is 0 Å². The second kappa shape index (κ2) is 6.73. The van der Waals surface area contributed by atoms with E-state index in [1.807, 2.05) is 19.1 Å². The first kappa shape index (κ1) is 13.3. The molecule has 0 unspecified atom stereocenters. The van der Waals surface area contributed by atoms with Crippen LogP contribution >= 0.6 is 0 Å². The molecule has 0 amide bonds. The number of pyridine rings is 1. The number of ether oxygens (including phenoxy) is 2. The fourth-order valence-corrected chi connectivity index (χ4v) is 1.51. The molecule has 0 atom stereocenters. The molecule has 19 heavy (non-hydrogen) atoms. The molecule has 2 aromatic rings. The van der Waals surface area contributed by atoms with Crippen molar-refractivity contribution in [2.45, 2.75) is 13.3 Å². The molecule has 0 saturated carbocycles. The van der Waals surface area contributed by atoms with E-state index in [9.17, 15) is 4.39 Å². The van der Waals surface area contributed by atoms with Crippen LogP contribution in [0.25, 0.3) is 0 Å². The average Bonchev–Trinajstić information content (AvgIpc) is 2.43. The summed E-state index contributed by atoms with van der Waals surface area (Å²) in [6.45, 7) is 3.02. The number of aryl methyl sites for hydroxylation is 1. The molecule has 0 spiro atoms. The van der Waals surface area contributed by atoms with Gasteiger partial charge in [0.1, 0.15) is 17.3 Å². The Morgan fingerprint density at radius 1 is 0.947 bits per heavy atom. The number of hydrogen-bond acceptors (Lipinski definition) is 3. The van der Waals surface area contributed by atoms with Gasteiger partial charge in [0.15, 0.2) is 0 Å². The minimum Gasteiger partial charge on any atom is -0.493 e. The van der Waals surface area contributed by atoms with Gasteiger partial charge in [-0.3, -0.25) is 4.98 Å². The summed E-state index contributed by atoms with van der Waals surface area (Å²) in [4.78, 5) is 4.14. The lowest BCUT2D eigenvalue weighted by molar-refractivity contribution is 0.247. The molecule has 3 nitrogen and oxygen atoms in total. The van der Waals surface area contributed by atoms with Crippen molar-refractivity contribution in [1.82, 2.24) is 4.98 Å². The molecule has 1 aromatic carbocycles. The lowest BCUT2D eigenvalue weighted by atomic mass is 10.3. The van der Waals surface area contributed by atoms with E-state index in [0.29, 0.717) is 19.0 Å². The van der Waals surface area contributed by atoms with Crippen LogP contribution in [-0.2, 0) is 0 Å². The van der Waals surface area contributed by atoms with Crippen LogP contribution in [0.3, 0.4) is 0 Å². The molecule has 0 radical (unpaired) electrons. The molecule has 1 aromatic heterocycles. The van der Waals surface area contributed by atoms with E-state index in [-0.39, 0.29) is 5.82 Å². The van der Waals surface area contributed by atoms with Gasteiger partial charge in [-0.25, -0.2) is 4.39 Å². The van der Waals surface area contributed by atoms with Gasteiger partial charge in [0.05, 0.1) is 19.4 Å². The Bertz CT molecular complexity index is 449. The zero-order chi connectivity index (χ0) is 13.5. The summed E-state index contributed by atoms with van der Waals surface area (Å²) in [7, 11) is 0. The zero-order valence-electron chi connectivity index (χ0n) is 10.8. The maximum atomic E-state index is 12.7. The topological polar surface area (TPSA) is 31.4 Å². The van der Waals surface area contributed by atoms with Crippen LogP contribution in [0.4, 0.5) is 4.39 Å². The first-order valence-electron chi connectivity index (χ1n) is 6.18. The normalized spacial score (nSPS) is 10.2. The molecule has 2 rings (SSSR count). The Balaban J connectivity index is 1.64. The summed E-state index contributed by atoms with van der Waals surface area (Å²) in [6.07, 6.45) is 2.46. The van der Waals surface area contributed by atoms with Crippen molar-refractivity contribution in [3.05, 3.63) is 54.1 Å². The second-order valence-corrected chi connectivity index (χ2v) is 4.14. The second-order valence-electron chi connectivity index (χ2n) is 4.14. The molecule has 0 aliphatic carbocycles. The third-order valence-electron chi connectivity index (χ3n) is 2.52. The minimum absolute atomic E-state index is 0.262. The summed E-state index contributed by atoms with van der Waals surface area (Å²) in [5, 5.41) is 0. The number of halogens is 1. The van der Waals surface area contributed by atoms with Crippen molar-refractivity contribution < 1.29 is 13.9 Å². The van der Waals surface area contributed by atoms with Gasteiger partial charge in [-0.15, -0.1) is 0 Å². The van der Waals surface area contributed by atoms with E-state index in [4.69, 9.17) is 9.47 Å². The quantitative estimate of drug-likeness (QED) is 0.747. The van der Waals surface area contributed by atoms with E-state index in [1.165, 1.54) is 12.1 Å². The molecule has 0 bridgehead atoms. The number of nitrogens with zero attached hydrogens (tertiary/aromatic N) is 1. The third kappa shape index (κ3) is 4.58. The predicted octanol–water partition coefficient (Wildman–Crippen LogP) is 3.38. The van der Waals surface area contributed by atoms with E-state index < -0.39 is 0 Å². The van der Waals surface area contributed by atoms with Gasteiger partial charge in [0, 0.05) is 12.1 Å². The van der Waals surface area contributed by atoms with Gasteiger partial charge in [0.25, 0.3) is 0 Å². The first-order valence-corrected chi connectivity index (χ1v) is 6.18. The molecular formula is C15H16FNO2. The highest BCUT2D eigenvalue weighted by atomic mass is 19.1. The lowest BCUT2D eigenvalue weighted by Gasteiger charge is -2.07. The molecule has 0 saturated heterocycles. The van der Waals surface area contributed by atoms with Crippen LogP contribution in [0, 0.1) is 12.7 Å².